The van der Waals surface area contributed by atoms with Crippen molar-refractivity contribution in [3.8, 4) is 5.69 Å². The maximum absolute atomic E-state index is 13.2. The molecule has 0 saturated heterocycles. The highest BCUT2D eigenvalue weighted by Gasteiger charge is 2.04. The molecule has 0 aliphatic carbocycles. The van der Waals surface area contributed by atoms with E-state index in [1.165, 1.54) is 18.3 Å². The lowest BCUT2D eigenvalue weighted by Crippen LogP contribution is -2.24. The van der Waals surface area contributed by atoms with Crippen LogP contribution >= 0.6 is 12.2 Å². The molecule has 0 fully saturated rings. The van der Waals surface area contributed by atoms with Gasteiger partial charge in [0.1, 0.15) is 5.82 Å². The summed E-state index contributed by atoms with van der Waals surface area (Å²) in [6.07, 6.45) is 4.82. The number of hydrogen-bond acceptors (Lipinski definition) is 3. The van der Waals surface area contributed by atoms with Crippen molar-refractivity contribution in [2.24, 2.45) is 10.8 Å². The summed E-state index contributed by atoms with van der Waals surface area (Å²) in [6, 6.07) is 6.10. The van der Waals surface area contributed by atoms with Crippen molar-refractivity contribution in [2.75, 3.05) is 0 Å². The van der Waals surface area contributed by atoms with Crippen LogP contribution in [0.3, 0.4) is 0 Å². The van der Waals surface area contributed by atoms with Crippen molar-refractivity contribution in [1.29, 1.82) is 0 Å². The van der Waals surface area contributed by atoms with Crippen molar-refractivity contribution in [2.45, 2.75) is 0 Å². The van der Waals surface area contributed by atoms with E-state index in [4.69, 9.17) is 5.73 Å². The zero-order chi connectivity index (χ0) is 13.0. The van der Waals surface area contributed by atoms with Gasteiger partial charge < -0.3 is 5.73 Å². The van der Waals surface area contributed by atoms with Crippen LogP contribution < -0.4 is 11.2 Å². The van der Waals surface area contributed by atoms with Gasteiger partial charge >= 0.3 is 0 Å². The van der Waals surface area contributed by atoms with Gasteiger partial charge in [-0.25, -0.2) is 9.07 Å². The average Bonchev–Trinajstić information content (AvgIpc) is 2.82. The lowest BCUT2D eigenvalue weighted by atomic mass is 10.2. The highest BCUT2D eigenvalue weighted by atomic mass is 32.1. The van der Waals surface area contributed by atoms with Crippen LogP contribution in [-0.2, 0) is 0 Å². The number of hydrazone groups is 1. The second-order valence-corrected chi connectivity index (χ2v) is 3.83. The van der Waals surface area contributed by atoms with Crippen LogP contribution in [0.25, 0.3) is 5.69 Å². The van der Waals surface area contributed by atoms with Gasteiger partial charge in [0.05, 0.1) is 11.9 Å². The lowest BCUT2D eigenvalue weighted by Gasteiger charge is -2.05. The van der Waals surface area contributed by atoms with E-state index in [9.17, 15) is 4.39 Å². The van der Waals surface area contributed by atoms with E-state index in [-0.39, 0.29) is 10.9 Å². The number of benzene rings is 1. The van der Waals surface area contributed by atoms with Crippen LogP contribution in [0.1, 0.15) is 5.56 Å². The fraction of sp³-hybridized carbons (Fsp3) is 0. The number of rotatable bonds is 3. The number of nitrogens with zero attached hydrogens (tertiary/aromatic N) is 3. The van der Waals surface area contributed by atoms with Gasteiger partial charge in [-0.1, -0.05) is 0 Å². The maximum Gasteiger partial charge on any atom is 0.184 e. The third-order valence-electron chi connectivity index (χ3n) is 2.12. The smallest absolute Gasteiger partial charge is 0.184 e. The molecular formula is C11H10FN5S. The zero-order valence-corrected chi connectivity index (χ0v) is 10.1. The van der Waals surface area contributed by atoms with Crippen LogP contribution in [-0.4, -0.2) is 21.1 Å². The van der Waals surface area contributed by atoms with Gasteiger partial charge in [0.15, 0.2) is 5.11 Å². The largest absolute Gasteiger partial charge is 0.375 e. The lowest BCUT2D eigenvalue weighted by molar-refractivity contribution is 0.626. The van der Waals surface area contributed by atoms with Crippen molar-refractivity contribution in [3.63, 3.8) is 0 Å². The molecule has 0 unspecified atom stereocenters. The number of aromatic nitrogens is 2. The number of nitrogens with two attached hydrogens (primary N) is 1. The molecule has 92 valence electrons. The van der Waals surface area contributed by atoms with Crippen LogP contribution in [0.2, 0.25) is 0 Å². The third kappa shape index (κ3) is 2.89. The van der Waals surface area contributed by atoms with Gasteiger partial charge in [-0.3, -0.25) is 5.43 Å². The highest BCUT2D eigenvalue weighted by molar-refractivity contribution is 7.80. The van der Waals surface area contributed by atoms with E-state index in [0.717, 1.165) is 0 Å². The summed E-state index contributed by atoms with van der Waals surface area (Å²) in [7, 11) is 0. The molecule has 0 radical (unpaired) electrons. The Bertz CT molecular complexity index is 579. The van der Waals surface area contributed by atoms with Gasteiger partial charge in [0.2, 0.25) is 0 Å². The Morgan fingerprint density at radius 3 is 3.06 bits per heavy atom. The summed E-state index contributed by atoms with van der Waals surface area (Å²) in [6.45, 7) is 0. The molecule has 0 spiro atoms. The molecule has 0 atom stereocenters. The molecule has 3 N–H and O–H groups in total. The van der Waals surface area contributed by atoms with E-state index < -0.39 is 0 Å². The molecule has 0 amide bonds. The SMILES string of the molecule is NC(=S)NN=Cc1cc(F)ccc1-n1cccn1. The average molecular weight is 263 g/mol. The zero-order valence-electron chi connectivity index (χ0n) is 9.25. The summed E-state index contributed by atoms with van der Waals surface area (Å²) in [5.74, 6) is -0.359. The summed E-state index contributed by atoms with van der Waals surface area (Å²) in [5, 5.41) is 7.93. The van der Waals surface area contributed by atoms with E-state index in [1.54, 1.807) is 29.2 Å². The van der Waals surface area contributed by atoms with Crippen LogP contribution in [0, 0.1) is 5.82 Å². The molecule has 0 saturated carbocycles. The predicted molar refractivity (Wildman–Crippen MR) is 71.0 cm³/mol. The topological polar surface area (TPSA) is 68.2 Å². The molecule has 2 aromatic rings. The number of nitrogens with one attached hydrogen (secondary N) is 1. The maximum atomic E-state index is 13.2. The molecule has 0 bridgehead atoms. The summed E-state index contributed by atoms with van der Waals surface area (Å²) in [5.41, 5.74) is 8.91. The monoisotopic (exact) mass is 263 g/mol. The fourth-order valence-electron chi connectivity index (χ4n) is 1.41. The summed E-state index contributed by atoms with van der Waals surface area (Å²) < 4.78 is 14.8. The first-order valence-electron chi connectivity index (χ1n) is 5.05. The van der Waals surface area contributed by atoms with Crippen molar-refractivity contribution in [3.05, 3.63) is 48.0 Å². The fourth-order valence-corrected chi connectivity index (χ4v) is 1.47. The van der Waals surface area contributed by atoms with E-state index >= 15 is 0 Å². The molecule has 1 aromatic heterocycles. The van der Waals surface area contributed by atoms with Crippen LogP contribution in [0.15, 0.2) is 41.8 Å². The molecule has 0 aliphatic rings. The van der Waals surface area contributed by atoms with E-state index in [0.29, 0.717) is 11.3 Å². The molecule has 7 heteroatoms. The Balaban J connectivity index is 2.35. The molecule has 5 nitrogen and oxygen atoms in total. The second kappa shape index (κ2) is 5.37. The molecule has 1 heterocycles. The molecular weight excluding hydrogens is 253 g/mol. The van der Waals surface area contributed by atoms with Crippen LogP contribution in [0.5, 0.6) is 0 Å². The van der Waals surface area contributed by atoms with Gasteiger partial charge in [-0.05, 0) is 36.5 Å². The van der Waals surface area contributed by atoms with Crippen molar-refractivity contribution in [1.82, 2.24) is 15.2 Å². The minimum atomic E-state index is -0.359. The molecule has 1 aromatic carbocycles. The van der Waals surface area contributed by atoms with Gasteiger partial charge in [-0.2, -0.15) is 10.2 Å². The van der Waals surface area contributed by atoms with Crippen LogP contribution in [0.4, 0.5) is 4.39 Å². The summed E-state index contributed by atoms with van der Waals surface area (Å²) in [4.78, 5) is 0. The first-order chi connectivity index (χ1) is 8.66. The molecule has 2 rings (SSSR count). The van der Waals surface area contributed by atoms with Crippen molar-refractivity contribution >= 4 is 23.5 Å². The quantitative estimate of drug-likeness (QED) is 0.495. The standard InChI is InChI=1S/C11H10FN5S/c12-9-2-3-10(17-5-1-4-15-17)8(6-9)7-14-16-11(13)18/h1-7H,(H3,13,16,18). The number of halogens is 1. The Hall–Kier alpha value is -2.28. The minimum Gasteiger partial charge on any atom is -0.375 e. The minimum absolute atomic E-state index is 0.0447. The normalized spacial score (nSPS) is 10.7. The van der Waals surface area contributed by atoms with Crippen molar-refractivity contribution < 1.29 is 4.39 Å². The Morgan fingerprint density at radius 1 is 1.56 bits per heavy atom. The number of hydrogen-bond donors (Lipinski definition) is 2. The highest BCUT2D eigenvalue weighted by Crippen LogP contribution is 2.13. The van der Waals surface area contributed by atoms with E-state index in [1.807, 2.05) is 0 Å². The number of thiocarbonyl (C=S) groups is 1. The Kier molecular flexibility index (Phi) is 3.63. The van der Waals surface area contributed by atoms with E-state index in [2.05, 4.69) is 27.8 Å². The Labute approximate surface area is 108 Å². The second-order valence-electron chi connectivity index (χ2n) is 3.39. The predicted octanol–water partition coefficient (Wildman–Crippen LogP) is 1.18. The molecule has 0 aliphatic heterocycles. The first kappa shape index (κ1) is 12.2. The van der Waals surface area contributed by atoms with Gasteiger partial charge in [-0.15, -0.1) is 0 Å². The third-order valence-corrected chi connectivity index (χ3v) is 2.21. The Morgan fingerprint density at radius 2 is 2.39 bits per heavy atom. The summed E-state index contributed by atoms with van der Waals surface area (Å²) >= 11 is 4.61. The first-order valence-corrected chi connectivity index (χ1v) is 5.46. The molecule has 18 heavy (non-hydrogen) atoms. The van der Waals surface area contributed by atoms with Gasteiger partial charge in [0, 0.05) is 18.0 Å². The van der Waals surface area contributed by atoms with Gasteiger partial charge in [0.25, 0.3) is 0 Å².